The summed E-state index contributed by atoms with van der Waals surface area (Å²) >= 11 is 1.60. The van der Waals surface area contributed by atoms with Gasteiger partial charge >= 0.3 is 5.97 Å². The summed E-state index contributed by atoms with van der Waals surface area (Å²) < 4.78 is 5.20. The van der Waals surface area contributed by atoms with E-state index in [0.717, 1.165) is 36.2 Å². The first-order valence-electron chi connectivity index (χ1n) is 7.83. The fraction of sp³-hybridized carbons (Fsp3) is 0.529. The van der Waals surface area contributed by atoms with Crippen molar-refractivity contribution in [2.75, 3.05) is 11.9 Å². The van der Waals surface area contributed by atoms with E-state index in [9.17, 15) is 9.59 Å². The Morgan fingerprint density at radius 1 is 1.32 bits per heavy atom. The third-order valence-electron chi connectivity index (χ3n) is 3.68. The van der Waals surface area contributed by atoms with Crippen LogP contribution in [0.15, 0.2) is 12.3 Å². The van der Waals surface area contributed by atoms with Crippen LogP contribution in [-0.4, -0.2) is 18.4 Å². The number of rotatable bonds is 6. The number of nitrogens with one attached hydrogen (secondary N) is 1. The van der Waals surface area contributed by atoms with Gasteiger partial charge in [-0.25, -0.2) is 4.79 Å². The van der Waals surface area contributed by atoms with Gasteiger partial charge in [-0.15, -0.1) is 11.3 Å². The van der Waals surface area contributed by atoms with Crippen molar-refractivity contribution in [3.8, 4) is 0 Å². The van der Waals surface area contributed by atoms with Crippen molar-refractivity contribution in [1.29, 1.82) is 0 Å². The molecule has 1 aromatic rings. The summed E-state index contributed by atoms with van der Waals surface area (Å²) in [7, 11) is 0. The molecule has 0 fully saturated rings. The fourth-order valence-corrected chi connectivity index (χ4v) is 3.73. The smallest absolute Gasteiger partial charge is 0.341 e. The molecule has 0 unspecified atom stereocenters. The Bertz CT molecular complexity index is 587. The Kier molecular flexibility index (Phi) is 5.77. The van der Waals surface area contributed by atoms with E-state index in [2.05, 4.69) is 5.32 Å². The van der Waals surface area contributed by atoms with E-state index in [-0.39, 0.29) is 17.7 Å². The number of fused-ring (bicyclic) bond motifs is 1. The van der Waals surface area contributed by atoms with E-state index in [1.165, 1.54) is 11.0 Å². The molecule has 0 saturated carbocycles. The van der Waals surface area contributed by atoms with Crippen LogP contribution < -0.4 is 5.32 Å². The number of carbonyl (C=O) groups excluding carboxylic acids is 2. The zero-order valence-corrected chi connectivity index (χ0v) is 14.2. The van der Waals surface area contributed by atoms with Crippen molar-refractivity contribution >= 4 is 28.1 Å². The van der Waals surface area contributed by atoms with Gasteiger partial charge in [0.05, 0.1) is 12.2 Å². The maximum Gasteiger partial charge on any atom is 0.341 e. The molecule has 120 valence electrons. The fourth-order valence-electron chi connectivity index (χ4n) is 2.48. The molecule has 5 heteroatoms. The molecule has 1 N–H and O–H groups in total. The van der Waals surface area contributed by atoms with Gasteiger partial charge in [0.1, 0.15) is 5.00 Å². The number of hydrogen-bond donors (Lipinski definition) is 1. The Balaban J connectivity index is 2.24. The topological polar surface area (TPSA) is 55.4 Å². The average molecular weight is 321 g/mol. The highest BCUT2D eigenvalue weighted by atomic mass is 32.1. The Morgan fingerprint density at radius 3 is 2.73 bits per heavy atom. The Morgan fingerprint density at radius 2 is 2.05 bits per heavy atom. The molecule has 0 spiro atoms. The predicted molar refractivity (Wildman–Crippen MR) is 89.5 cm³/mol. The zero-order valence-electron chi connectivity index (χ0n) is 13.4. The van der Waals surface area contributed by atoms with Crippen molar-refractivity contribution in [2.45, 2.75) is 46.5 Å². The van der Waals surface area contributed by atoms with Crippen molar-refractivity contribution in [3.05, 3.63) is 28.3 Å². The first-order valence-corrected chi connectivity index (χ1v) is 8.64. The summed E-state index contributed by atoms with van der Waals surface area (Å²) in [6.07, 6.45) is 7.37. The van der Waals surface area contributed by atoms with Crippen LogP contribution in [0.1, 0.15) is 54.4 Å². The molecular weight excluding hydrogens is 298 g/mol. The summed E-state index contributed by atoms with van der Waals surface area (Å²) in [4.78, 5) is 25.2. The number of ether oxygens (including phenoxy) is 1. The molecule has 0 saturated heterocycles. The van der Waals surface area contributed by atoms with E-state index in [1.807, 2.05) is 20.8 Å². The highest BCUT2D eigenvalue weighted by molar-refractivity contribution is 7.16. The lowest BCUT2D eigenvalue weighted by Crippen LogP contribution is -2.11. The van der Waals surface area contributed by atoms with Gasteiger partial charge in [-0.1, -0.05) is 13.8 Å². The lowest BCUT2D eigenvalue weighted by atomic mass is 9.95. The van der Waals surface area contributed by atoms with Crippen LogP contribution in [0, 0.1) is 5.92 Å². The first-order chi connectivity index (χ1) is 10.5. The number of anilines is 1. The van der Waals surface area contributed by atoms with E-state index in [0.29, 0.717) is 12.2 Å². The molecule has 22 heavy (non-hydrogen) atoms. The van der Waals surface area contributed by atoms with Crippen LogP contribution in [0.2, 0.25) is 0 Å². The third-order valence-corrected chi connectivity index (χ3v) is 4.90. The highest BCUT2D eigenvalue weighted by Gasteiger charge is 2.25. The molecule has 1 aromatic heterocycles. The minimum atomic E-state index is -0.270. The third kappa shape index (κ3) is 3.77. The maximum atomic E-state index is 12.3. The van der Waals surface area contributed by atoms with Crippen LogP contribution in [0.5, 0.6) is 0 Å². The van der Waals surface area contributed by atoms with Gasteiger partial charge < -0.3 is 10.1 Å². The van der Waals surface area contributed by atoms with Gasteiger partial charge in [-0.3, -0.25) is 4.79 Å². The molecule has 0 atom stereocenters. The number of allylic oxidation sites excluding steroid dienone is 1. The number of hydrogen-bond acceptors (Lipinski definition) is 5. The molecule has 0 amide bonds. The van der Waals surface area contributed by atoms with Crippen LogP contribution in [0.25, 0.3) is 0 Å². The second kappa shape index (κ2) is 7.58. The van der Waals surface area contributed by atoms with Crippen molar-refractivity contribution in [1.82, 2.24) is 0 Å². The molecule has 2 rings (SSSR count). The minimum absolute atomic E-state index is 0.0286. The normalized spacial score (nSPS) is 14.2. The molecule has 1 aliphatic carbocycles. The second-order valence-electron chi connectivity index (χ2n) is 5.67. The highest BCUT2D eigenvalue weighted by Crippen LogP contribution is 2.38. The number of esters is 1. The molecule has 4 nitrogen and oxygen atoms in total. The van der Waals surface area contributed by atoms with Crippen molar-refractivity contribution in [3.63, 3.8) is 0 Å². The number of ketones is 1. The lowest BCUT2D eigenvalue weighted by Gasteiger charge is -2.12. The molecule has 0 radical (unpaired) electrons. The predicted octanol–water partition coefficient (Wildman–Crippen LogP) is 3.95. The SMILES string of the molecule is CCOC(=O)c1c(N/C=C/C(=O)C(C)C)sc2c1CCCC2. The zero-order chi connectivity index (χ0) is 16.1. The van der Waals surface area contributed by atoms with Gasteiger partial charge in [0.25, 0.3) is 0 Å². The van der Waals surface area contributed by atoms with Gasteiger partial charge in [-0.05, 0) is 44.2 Å². The lowest BCUT2D eigenvalue weighted by molar-refractivity contribution is -0.117. The van der Waals surface area contributed by atoms with E-state index in [4.69, 9.17) is 4.74 Å². The molecular formula is C17H23NO3S. The van der Waals surface area contributed by atoms with Crippen molar-refractivity contribution in [2.24, 2.45) is 5.92 Å². The van der Waals surface area contributed by atoms with Crippen LogP contribution >= 0.6 is 11.3 Å². The van der Waals surface area contributed by atoms with Gasteiger partial charge in [0.2, 0.25) is 0 Å². The quantitative estimate of drug-likeness (QED) is 0.636. The standard InChI is InChI=1S/C17H23NO3S/c1-4-21-17(20)15-12-7-5-6-8-14(12)22-16(15)18-10-9-13(19)11(2)3/h9-11,18H,4-8H2,1-3H3/b10-9+. The van der Waals surface area contributed by atoms with Gasteiger partial charge in [0, 0.05) is 17.0 Å². The van der Waals surface area contributed by atoms with Gasteiger partial charge in [-0.2, -0.15) is 0 Å². The van der Waals surface area contributed by atoms with Crippen LogP contribution in [0.3, 0.4) is 0 Å². The van der Waals surface area contributed by atoms with E-state index in [1.54, 1.807) is 17.5 Å². The summed E-state index contributed by atoms with van der Waals surface area (Å²) in [6, 6.07) is 0. The van der Waals surface area contributed by atoms with E-state index < -0.39 is 0 Å². The number of aryl methyl sites for hydroxylation is 1. The Hall–Kier alpha value is -1.62. The first kappa shape index (κ1) is 16.7. The summed E-state index contributed by atoms with van der Waals surface area (Å²) in [5.41, 5.74) is 1.78. The summed E-state index contributed by atoms with van der Waals surface area (Å²) in [6.45, 7) is 5.90. The molecule has 1 aliphatic rings. The largest absolute Gasteiger partial charge is 0.462 e. The molecule has 0 aromatic carbocycles. The average Bonchev–Trinajstić information content (AvgIpc) is 2.85. The summed E-state index contributed by atoms with van der Waals surface area (Å²) in [5, 5.41) is 3.90. The molecule has 0 aliphatic heterocycles. The van der Waals surface area contributed by atoms with E-state index >= 15 is 0 Å². The molecule has 0 bridgehead atoms. The Labute approximate surface area is 135 Å². The van der Waals surface area contributed by atoms with Gasteiger partial charge in [0.15, 0.2) is 5.78 Å². The molecule has 1 heterocycles. The number of thiophene rings is 1. The van der Waals surface area contributed by atoms with Crippen LogP contribution in [-0.2, 0) is 22.4 Å². The number of carbonyl (C=O) groups is 2. The maximum absolute atomic E-state index is 12.3. The van der Waals surface area contributed by atoms with Crippen LogP contribution in [0.4, 0.5) is 5.00 Å². The summed E-state index contributed by atoms with van der Waals surface area (Å²) in [5.74, 6) is -0.237. The minimum Gasteiger partial charge on any atom is -0.462 e. The monoisotopic (exact) mass is 321 g/mol. The van der Waals surface area contributed by atoms with Crippen molar-refractivity contribution < 1.29 is 14.3 Å². The second-order valence-corrected chi connectivity index (χ2v) is 6.78.